The Morgan fingerprint density at radius 2 is 1.81 bits per heavy atom. The van der Waals surface area contributed by atoms with Gasteiger partial charge in [-0.2, -0.15) is 0 Å². The quantitative estimate of drug-likeness (QED) is 0.846. The van der Waals surface area contributed by atoms with Crippen LogP contribution < -0.4 is 0 Å². The molecule has 2 aromatic rings. The summed E-state index contributed by atoms with van der Waals surface area (Å²) in [6.45, 7) is 0.0875. The summed E-state index contributed by atoms with van der Waals surface area (Å²) >= 11 is 0. The summed E-state index contributed by atoms with van der Waals surface area (Å²) in [5, 5.41) is 8.91. The molecule has 0 spiro atoms. The molecule has 0 aliphatic heterocycles. The SMILES string of the molecule is OCc1ccc(C=Cc2ccccn2)cc1. The van der Waals surface area contributed by atoms with Gasteiger partial charge in [-0.1, -0.05) is 36.4 Å². The smallest absolute Gasteiger partial charge is 0.0681 e. The van der Waals surface area contributed by atoms with E-state index in [4.69, 9.17) is 5.11 Å². The average molecular weight is 211 g/mol. The van der Waals surface area contributed by atoms with Crippen molar-refractivity contribution < 1.29 is 5.11 Å². The summed E-state index contributed by atoms with van der Waals surface area (Å²) in [4.78, 5) is 4.20. The molecule has 0 aliphatic rings. The van der Waals surface area contributed by atoms with E-state index in [2.05, 4.69) is 4.98 Å². The summed E-state index contributed by atoms with van der Waals surface area (Å²) in [6, 6.07) is 13.6. The molecule has 1 N–H and O–H groups in total. The number of benzene rings is 1. The van der Waals surface area contributed by atoms with Gasteiger partial charge in [-0.3, -0.25) is 4.98 Å². The van der Waals surface area contributed by atoms with Gasteiger partial charge in [-0.25, -0.2) is 0 Å². The number of aliphatic hydroxyl groups is 1. The maximum absolute atomic E-state index is 8.91. The Morgan fingerprint density at radius 1 is 1.00 bits per heavy atom. The maximum Gasteiger partial charge on any atom is 0.0681 e. The van der Waals surface area contributed by atoms with Gasteiger partial charge in [-0.05, 0) is 29.3 Å². The lowest BCUT2D eigenvalue weighted by Gasteiger charge is -1.96. The largest absolute Gasteiger partial charge is 0.392 e. The Kier molecular flexibility index (Phi) is 3.46. The highest BCUT2D eigenvalue weighted by Gasteiger charge is 1.90. The molecule has 0 bridgehead atoms. The minimum Gasteiger partial charge on any atom is -0.392 e. The lowest BCUT2D eigenvalue weighted by atomic mass is 10.1. The van der Waals surface area contributed by atoms with E-state index in [-0.39, 0.29) is 6.61 Å². The zero-order valence-corrected chi connectivity index (χ0v) is 8.88. The minimum atomic E-state index is 0.0875. The van der Waals surface area contributed by atoms with Gasteiger partial charge in [0.05, 0.1) is 12.3 Å². The van der Waals surface area contributed by atoms with Crippen LogP contribution in [0.3, 0.4) is 0 Å². The summed E-state index contributed by atoms with van der Waals surface area (Å²) < 4.78 is 0. The van der Waals surface area contributed by atoms with Crippen molar-refractivity contribution in [3.63, 3.8) is 0 Å². The highest BCUT2D eigenvalue weighted by atomic mass is 16.3. The van der Waals surface area contributed by atoms with Gasteiger partial charge in [0.15, 0.2) is 0 Å². The second-order valence-corrected chi connectivity index (χ2v) is 3.49. The predicted octanol–water partition coefficient (Wildman–Crippen LogP) is 2.74. The molecule has 0 fully saturated rings. The standard InChI is InChI=1S/C14H13NO/c16-11-13-6-4-12(5-7-13)8-9-14-3-1-2-10-15-14/h1-10,16H,11H2. The zero-order valence-electron chi connectivity index (χ0n) is 8.88. The van der Waals surface area contributed by atoms with Crippen molar-refractivity contribution >= 4 is 12.2 Å². The van der Waals surface area contributed by atoms with Gasteiger partial charge >= 0.3 is 0 Å². The Morgan fingerprint density at radius 3 is 2.44 bits per heavy atom. The molecule has 1 aromatic heterocycles. The summed E-state index contributed by atoms with van der Waals surface area (Å²) in [5.74, 6) is 0. The van der Waals surface area contributed by atoms with Crippen LogP contribution in [0.15, 0.2) is 48.7 Å². The van der Waals surface area contributed by atoms with Gasteiger partial charge < -0.3 is 5.11 Å². The van der Waals surface area contributed by atoms with Gasteiger partial charge in [0.1, 0.15) is 0 Å². The van der Waals surface area contributed by atoms with Crippen molar-refractivity contribution in [2.24, 2.45) is 0 Å². The third kappa shape index (κ3) is 2.78. The number of aliphatic hydroxyl groups excluding tert-OH is 1. The molecule has 0 saturated heterocycles. The predicted molar refractivity (Wildman–Crippen MR) is 65.5 cm³/mol. The Hall–Kier alpha value is -1.93. The number of nitrogens with zero attached hydrogens (tertiary/aromatic N) is 1. The molecule has 16 heavy (non-hydrogen) atoms. The van der Waals surface area contributed by atoms with E-state index >= 15 is 0 Å². The molecule has 2 nitrogen and oxygen atoms in total. The molecular formula is C14H13NO. The van der Waals surface area contributed by atoms with E-state index in [1.165, 1.54) is 0 Å². The zero-order chi connectivity index (χ0) is 11.2. The Bertz CT molecular complexity index is 460. The van der Waals surface area contributed by atoms with E-state index in [0.29, 0.717) is 0 Å². The molecule has 2 rings (SSSR count). The van der Waals surface area contributed by atoms with E-state index in [9.17, 15) is 0 Å². The van der Waals surface area contributed by atoms with Crippen LogP contribution in [0.2, 0.25) is 0 Å². The normalized spacial score (nSPS) is 10.8. The van der Waals surface area contributed by atoms with Gasteiger partial charge in [0.2, 0.25) is 0 Å². The summed E-state index contributed by atoms with van der Waals surface area (Å²) in [5.41, 5.74) is 2.96. The molecule has 2 heteroatoms. The first kappa shape index (κ1) is 10.6. The van der Waals surface area contributed by atoms with Crippen LogP contribution >= 0.6 is 0 Å². The fourth-order valence-electron chi connectivity index (χ4n) is 1.39. The van der Waals surface area contributed by atoms with Gasteiger partial charge in [-0.15, -0.1) is 0 Å². The van der Waals surface area contributed by atoms with Crippen LogP contribution in [0.25, 0.3) is 12.2 Å². The first-order chi connectivity index (χ1) is 7.88. The van der Waals surface area contributed by atoms with E-state index in [1.54, 1.807) is 6.20 Å². The molecule has 0 unspecified atom stereocenters. The van der Waals surface area contributed by atoms with Crippen molar-refractivity contribution in [1.29, 1.82) is 0 Å². The summed E-state index contributed by atoms with van der Waals surface area (Å²) in [6.07, 6.45) is 5.74. The summed E-state index contributed by atoms with van der Waals surface area (Å²) in [7, 11) is 0. The fraction of sp³-hybridized carbons (Fsp3) is 0.0714. The van der Waals surface area contributed by atoms with Crippen LogP contribution in [-0.2, 0) is 6.61 Å². The lowest BCUT2D eigenvalue weighted by molar-refractivity contribution is 0.282. The highest BCUT2D eigenvalue weighted by molar-refractivity contribution is 5.67. The number of hydrogen-bond donors (Lipinski definition) is 1. The van der Waals surface area contributed by atoms with Crippen LogP contribution in [0, 0.1) is 0 Å². The molecule has 1 heterocycles. The number of pyridine rings is 1. The van der Waals surface area contributed by atoms with E-state index in [1.807, 2.05) is 54.6 Å². The monoisotopic (exact) mass is 211 g/mol. The molecule has 0 amide bonds. The third-order valence-corrected chi connectivity index (χ3v) is 2.30. The number of aromatic nitrogens is 1. The molecule has 0 atom stereocenters. The van der Waals surface area contributed by atoms with Crippen LogP contribution in [0.4, 0.5) is 0 Å². The van der Waals surface area contributed by atoms with E-state index in [0.717, 1.165) is 16.8 Å². The molecular weight excluding hydrogens is 198 g/mol. The molecule has 0 radical (unpaired) electrons. The lowest BCUT2D eigenvalue weighted by Crippen LogP contribution is -1.82. The van der Waals surface area contributed by atoms with Crippen molar-refractivity contribution in [2.45, 2.75) is 6.61 Å². The van der Waals surface area contributed by atoms with Crippen LogP contribution in [0.5, 0.6) is 0 Å². The molecule has 0 saturated carbocycles. The van der Waals surface area contributed by atoms with Gasteiger partial charge in [0.25, 0.3) is 0 Å². The minimum absolute atomic E-state index is 0.0875. The molecule has 1 aromatic carbocycles. The van der Waals surface area contributed by atoms with Crippen LogP contribution in [0.1, 0.15) is 16.8 Å². The maximum atomic E-state index is 8.91. The van der Waals surface area contributed by atoms with Gasteiger partial charge in [0, 0.05) is 6.20 Å². The highest BCUT2D eigenvalue weighted by Crippen LogP contribution is 2.08. The first-order valence-electron chi connectivity index (χ1n) is 5.17. The van der Waals surface area contributed by atoms with E-state index < -0.39 is 0 Å². The van der Waals surface area contributed by atoms with Crippen molar-refractivity contribution in [3.8, 4) is 0 Å². The van der Waals surface area contributed by atoms with Crippen molar-refractivity contribution in [1.82, 2.24) is 4.98 Å². The average Bonchev–Trinajstić information content (AvgIpc) is 2.38. The number of hydrogen-bond acceptors (Lipinski definition) is 2. The second-order valence-electron chi connectivity index (χ2n) is 3.49. The Balaban J connectivity index is 2.12. The fourth-order valence-corrected chi connectivity index (χ4v) is 1.39. The Labute approximate surface area is 94.9 Å². The first-order valence-corrected chi connectivity index (χ1v) is 5.17. The van der Waals surface area contributed by atoms with Crippen molar-refractivity contribution in [2.75, 3.05) is 0 Å². The number of rotatable bonds is 3. The van der Waals surface area contributed by atoms with Crippen molar-refractivity contribution in [3.05, 3.63) is 65.5 Å². The van der Waals surface area contributed by atoms with Crippen LogP contribution in [-0.4, -0.2) is 10.1 Å². The topological polar surface area (TPSA) is 33.1 Å². The third-order valence-electron chi connectivity index (χ3n) is 2.30. The molecule has 0 aliphatic carbocycles. The second kappa shape index (κ2) is 5.24. The molecule has 80 valence electrons.